The number of benzene rings is 2. The summed E-state index contributed by atoms with van der Waals surface area (Å²) in [5.74, 6) is -0.783. The summed E-state index contributed by atoms with van der Waals surface area (Å²) in [6.45, 7) is 2.40. The molecule has 0 aliphatic carbocycles. The Bertz CT molecular complexity index is 1250. The molecule has 1 atom stereocenters. The molecule has 2 aromatic carbocycles. The number of ether oxygens (including phenoxy) is 1. The molecule has 0 bridgehead atoms. The van der Waals surface area contributed by atoms with E-state index in [1.54, 1.807) is 0 Å². The fourth-order valence-electron chi connectivity index (χ4n) is 3.80. The Balaban J connectivity index is 1.74. The third-order valence-electron chi connectivity index (χ3n) is 5.34. The minimum atomic E-state index is -1.04. The Labute approximate surface area is 204 Å². The van der Waals surface area contributed by atoms with Crippen molar-refractivity contribution in [3.8, 4) is 5.75 Å². The molecule has 4 rings (SSSR count). The van der Waals surface area contributed by atoms with E-state index in [0.717, 1.165) is 21.1 Å². The van der Waals surface area contributed by atoms with E-state index in [4.69, 9.17) is 21.4 Å². The molecule has 0 unspecified atom stereocenters. The van der Waals surface area contributed by atoms with Crippen LogP contribution in [0, 0.1) is 0 Å². The lowest BCUT2D eigenvalue weighted by Crippen LogP contribution is -2.27. The number of pyridine rings is 1. The minimum Gasteiger partial charge on any atom is -0.492 e. The van der Waals surface area contributed by atoms with Gasteiger partial charge in [0, 0.05) is 28.3 Å². The number of fused-ring (bicyclic) bond motifs is 1. The topological polar surface area (TPSA) is 92.1 Å². The maximum Gasteiger partial charge on any atom is 0.303 e. The Morgan fingerprint density at radius 1 is 1.21 bits per heavy atom. The Morgan fingerprint density at radius 3 is 2.67 bits per heavy atom. The van der Waals surface area contributed by atoms with Crippen molar-refractivity contribution in [1.82, 2.24) is 9.99 Å². The summed E-state index contributed by atoms with van der Waals surface area (Å²) in [7, 11) is 0. The number of para-hydroxylation sites is 1. The molecule has 1 aromatic heterocycles. The van der Waals surface area contributed by atoms with E-state index in [1.807, 2.05) is 55.5 Å². The van der Waals surface area contributed by atoms with Crippen molar-refractivity contribution in [2.45, 2.75) is 32.2 Å². The second kappa shape index (κ2) is 9.89. The molecule has 33 heavy (non-hydrogen) atoms. The average Bonchev–Trinajstić information content (AvgIpc) is 3.23. The maximum absolute atomic E-state index is 12.9. The number of carboxylic acid groups (broad SMARTS) is 1. The molecule has 0 saturated heterocycles. The highest BCUT2D eigenvalue weighted by Crippen LogP contribution is 2.39. The number of carbonyl (C=O) groups is 2. The third kappa shape index (κ3) is 5.02. The maximum atomic E-state index is 12.9. The van der Waals surface area contributed by atoms with Gasteiger partial charge in [-0.25, -0.2) is 9.99 Å². The number of nitrogens with zero attached hydrogens (tertiary/aromatic N) is 3. The van der Waals surface area contributed by atoms with Crippen molar-refractivity contribution in [2.24, 2.45) is 5.10 Å². The highest BCUT2D eigenvalue weighted by molar-refractivity contribution is 9.10. The molecule has 9 heteroatoms. The Hall–Kier alpha value is -2.97. The fourth-order valence-corrected chi connectivity index (χ4v) is 4.33. The quantitative estimate of drug-likeness (QED) is 0.402. The molecule has 0 fully saturated rings. The number of carbonyl (C=O) groups excluding carboxylic acids is 1. The highest BCUT2D eigenvalue weighted by Gasteiger charge is 2.35. The van der Waals surface area contributed by atoms with Crippen molar-refractivity contribution in [3.63, 3.8) is 0 Å². The number of carboxylic acids is 1. The molecule has 0 radical (unpaired) electrons. The van der Waals surface area contributed by atoms with Crippen molar-refractivity contribution in [1.29, 1.82) is 0 Å². The molecule has 1 N–H and O–H groups in total. The van der Waals surface area contributed by atoms with Gasteiger partial charge in [0.15, 0.2) is 0 Å². The zero-order chi connectivity index (χ0) is 23.5. The lowest BCUT2D eigenvalue weighted by molar-refractivity contribution is -0.141. The minimum absolute atomic E-state index is 0.157. The number of aliphatic carboxylic acids is 1. The summed E-state index contributed by atoms with van der Waals surface area (Å²) in [5, 5.41) is 16.0. The van der Waals surface area contributed by atoms with E-state index in [0.29, 0.717) is 29.9 Å². The van der Waals surface area contributed by atoms with Crippen molar-refractivity contribution < 1.29 is 19.4 Å². The van der Waals surface area contributed by atoms with E-state index in [2.05, 4.69) is 26.0 Å². The van der Waals surface area contributed by atoms with E-state index in [1.165, 1.54) is 5.01 Å². The van der Waals surface area contributed by atoms with Crippen LogP contribution in [-0.2, 0) is 9.59 Å². The van der Waals surface area contributed by atoms with Crippen LogP contribution in [0.15, 0.2) is 58.1 Å². The van der Waals surface area contributed by atoms with E-state index < -0.39 is 12.0 Å². The lowest BCUT2D eigenvalue weighted by atomic mass is 9.98. The fraction of sp³-hybridized carbons (Fsp3) is 0.250. The SMILES string of the molecule is CCOc1cccc2cc([C@@H]3CC(c4ccc(Br)cc4)=NN3C(=O)CCC(=O)O)c(Cl)nc12. The Kier molecular flexibility index (Phi) is 6.95. The predicted octanol–water partition coefficient (Wildman–Crippen LogP) is 5.59. The summed E-state index contributed by atoms with van der Waals surface area (Å²) in [5.41, 5.74) is 2.89. The standard InChI is InChI=1S/C24H21BrClN3O4/c1-2-33-20-5-3-4-15-12-17(24(26)27-23(15)20)19-13-18(14-6-8-16(25)9-7-14)28-29(19)21(30)10-11-22(31)32/h3-9,12,19H,2,10-11,13H2,1H3,(H,31,32)/t19-/m0/s1. The zero-order valence-electron chi connectivity index (χ0n) is 17.8. The third-order valence-corrected chi connectivity index (χ3v) is 6.18. The van der Waals surface area contributed by atoms with Crippen LogP contribution in [-0.4, -0.2) is 39.3 Å². The molecule has 1 aliphatic rings. The number of amides is 1. The van der Waals surface area contributed by atoms with Crippen LogP contribution in [0.1, 0.15) is 43.4 Å². The van der Waals surface area contributed by atoms with Gasteiger partial charge in [0.05, 0.1) is 24.8 Å². The zero-order valence-corrected chi connectivity index (χ0v) is 20.1. The molecule has 2 heterocycles. The van der Waals surface area contributed by atoms with Crippen LogP contribution >= 0.6 is 27.5 Å². The molecule has 1 amide bonds. The van der Waals surface area contributed by atoms with Crippen LogP contribution in [0.25, 0.3) is 10.9 Å². The molecule has 1 aliphatic heterocycles. The smallest absolute Gasteiger partial charge is 0.303 e. The van der Waals surface area contributed by atoms with E-state index in [-0.39, 0.29) is 23.9 Å². The molecule has 170 valence electrons. The van der Waals surface area contributed by atoms with Gasteiger partial charge in [-0.1, -0.05) is 51.8 Å². The van der Waals surface area contributed by atoms with Crippen LogP contribution in [0.4, 0.5) is 0 Å². The largest absolute Gasteiger partial charge is 0.492 e. The van der Waals surface area contributed by atoms with Gasteiger partial charge < -0.3 is 9.84 Å². The number of hydrogen-bond acceptors (Lipinski definition) is 5. The lowest BCUT2D eigenvalue weighted by Gasteiger charge is -2.23. The predicted molar refractivity (Wildman–Crippen MR) is 130 cm³/mol. The van der Waals surface area contributed by atoms with Crippen molar-refractivity contribution in [2.75, 3.05) is 6.61 Å². The molecular weight excluding hydrogens is 510 g/mol. The summed E-state index contributed by atoms with van der Waals surface area (Å²) in [6, 6.07) is 14.7. The average molecular weight is 531 g/mol. The van der Waals surface area contributed by atoms with Crippen LogP contribution in [0.5, 0.6) is 5.75 Å². The molecule has 0 spiro atoms. The summed E-state index contributed by atoms with van der Waals surface area (Å²) in [4.78, 5) is 28.5. The molecule has 3 aromatic rings. The van der Waals surface area contributed by atoms with Gasteiger partial charge >= 0.3 is 5.97 Å². The second-order valence-electron chi connectivity index (χ2n) is 7.53. The van der Waals surface area contributed by atoms with Gasteiger partial charge in [0.2, 0.25) is 5.91 Å². The first-order chi connectivity index (χ1) is 15.9. The first-order valence-electron chi connectivity index (χ1n) is 10.5. The van der Waals surface area contributed by atoms with Gasteiger partial charge in [0.25, 0.3) is 0 Å². The van der Waals surface area contributed by atoms with Gasteiger partial charge in [-0.15, -0.1) is 0 Å². The highest BCUT2D eigenvalue weighted by atomic mass is 79.9. The summed E-state index contributed by atoms with van der Waals surface area (Å²) in [6.07, 6.45) is 0.00117. The van der Waals surface area contributed by atoms with Gasteiger partial charge in [-0.3, -0.25) is 9.59 Å². The summed E-state index contributed by atoms with van der Waals surface area (Å²) < 4.78 is 6.60. The molecule has 0 saturated carbocycles. The van der Waals surface area contributed by atoms with Crippen LogP contribution < -0.4 is 4.74 Å². The molecule has 7 nitrogen and oxygen atoms in total. The number of halogens is 2. The second-order valence-corrected chi connectivity index (χ2v) is 8.81. The van der Waals surface area contributed by atoms with Crippen molar-refractivity contribution in [3.05, 3.63) is 69.3 Å². The number of hydrazone groups is 1. The summed E-state index contributed by atoms with van der Waals surface area (Å²) >= 11 is 10.0. The Morgan fingerprint density at radius 2 is 1.97 bits per heavy atom. The number of aromatic nitrogens is 1. The first-order valence-corrected chi connectivity index (χ1v) is 11.6. The van der Waals surface area contributed by atoms with E-state index in [9.17, 15) is 9.59 Å². The van der Waals surface area contributed by atoms with E-state index >= 15 is 0 Å². The van der Waals surface area contributed by atoms with Gasteiger partial charge in [-0.05, 0) is 36.8 Å². The normalized spacial score (nSPS) is 15.5. The number of rotatable bonds is 7. The molecular formula is C24H21BrClN3O4. The van der Waals surface area contributed by atoms with Crippen molar-refractivity contribution >= 4 is 56.0 Å². The van der Waals surface area contributed by atoms with Gasteiger partial charge in [-0.2, -0.15) is 5.10 Å². The monoisotopic (exact) mass is 529 g/mol. The van der Waals surface area contributed by atoms with Crippen LogP contribution in [0.2, 0.25) is 5.15 Å². The van der Waals surface area contributed by atoms with Gasteiger partial charge in [0.1, 0.15) is 16.4 Å². The number of hydrogen-bond donors (Lipinski definition) is 1. The first kappa shape index (κ1) is 23.2. The van der Waals surface area contributed by atoms with Crippen LogP contribution in [0.3, 0.4) is 0 Å².